The highest BCUT2D eigenvalue weighted by molar-refractivity contribution is 7.13. The molecule has 0 aliphatic rings. The summed E-state index contributed by atoms with van der Waals surface area (Å²) in [4.78, 5) is 17.3. The molecule has 0 saturated carbocycles. The van der Waals surface area contributed by atoms with Crippen LogP contribution in [0.4, 0.5) is 4.79 Å². The summed E-state index contributed by atoms with van der Waals surface area (Å²) in [6, 6.07) is 8.24. The molecule has 5 nitrogen and oxygen atoms in total. The Morgan fingerprint density at radius 2 is 2.00 bits per heavy atom. The highest BCUT2D eigenvalue weighted by Gasteiger charge is 2.17. The van der Waals surface area contributed by atoms with E-state index in [0.29, 0.717) is 6.61 Å². The van der Waals surface area contributed by atoms with Gasteiger partial charge in [0, 0.05) is 8.07 Å². The van der Waals surface area contributed by atoms with Crippen LogP contribution in [0.2, 0.25) is 25.7 Å². The molecule has 1 heterocycles. The average Bonchev–Trinajstić information content (AvgIpc) is 2.97. The van der Waals surface area contributed by atoms with E-state index < -0.39 is 20.2 Å². The molecular weight excluding hydrogens is 352 g/mol. The van der Waals surface area contributed by atoms with E-state index >= 15 is 0 Å². The summed E-state index contributed by atoms with van der Waals surface area (Å²) >= 11 is 1.60. The van der Waals surface area contributed by atoms with E-state index in [1.807, 2.05) is 36.7 Å². The summed E-state index contributed by atoms with van der Waals surface area (Å²) in [5.74, 6) is 0. The van der Waals surface area contributed by atoms with Crippen LogP contribution >= 0.6 is 11.3 Å². The molecule has 2 aromatic rings. The van der Waals surface area contributed by atoms with Crippen molar-refractivity contribution in [3.8, 4) is 10.4 Å². The predicted molar refractivity (Wildman–Crippen MR) is 105 cm³/mol. The van der Waals surface area contributed by atoms with Crippen LogP contribution in [0.3, 0.4) is 0 Å². The second-order valence-electron chi connectivity index (χ2n) is 7.21. The van der Waals surface area contributed by atoms with Crippen molar-refractivity contribution in [3.05, 3.63) is 41.0 Å². The standard InChI is InChI=1S/C18H26N2O3SSi/c1-13-17(24-12-19-13)15-7-5-14(6-8-15)16(11-21)20-18(22)23-9-10-25(2,3)4/h5-8,12,16,21H,9-11H2,1-4H3,(H,20,22)/t16-/m0/s1. The molecule has 2 N–H and O–H groups in total. The number of hydrogen-bond acceptors (Lipinski definition) is 5. The Labute approximate surface area is 154 Å². The molecular formula is C18H26N2O3SSi. The van der Waals surface area contributed by atoms with E-state index in [9.17, 15) is 9.90 Å². The molecule has 1 atom stereocenters. The van der Waals surface area contributed by atoms with E-state index in [1.165, 1.54) is 0 Å². The number of alkyl carbamates (subject to hydrolysis) is 1. The van der Waals surface area contributed by atoms with Crippen LogP contribution in [-0.2, 0) is 4.74 Å². The molecule has 1 amide bonds. The number of nitrogens with one attached hydrogen (secondary N) is 1. The minimum atomic E-state index is -1.23. The van der Waals surface area contributed by atoms with Crippen LogP contribution in [0.25, 0.3) is 10.4 Å². The van der Waals surface area contributed by atoms with Crippen LogP contribution in [0.5, 0.6) is 0 Å². The second kappa shape index (κ2) is 8.60. The molecule has 136 valence electrons. The molecule has 2 rings (SSSR count). The highest BCUT2D eigenvalue weighted by atomic mass is 32.1. The topological polar surface area (TPSA) is 71.5 Å². The fourth-order valence-corrected chi connectivity index (χ4v) is 3.84. The van der Waals surface area contributed by atoms with E-state index in [-0.39, 0.29) is 6.61 Å². The predicted octanol–water partition coefficient (Wildman–Crippen LogP) is 4.22. The highest BCUT2D eigenvalue weighted by Crippen LogP contribution is 2.28. The van der Waals surface area contributed by atoms with Gasteiger partial charge in [-0.3, -0.25) is 0 Å². The quantitative estimate of drug-likeness (QED) is 0.708. The number of carbonyl (C=O) groups is 1. The number of aliphatic hydroxyl groups excluding tert-OH is 1. The molecule has 0 fully saturated rings. The van der Waals surface area contributed by atoms with Gasteiger partial charge in [-0.1, -0.05) is 43.9 Å². The lowest BCUT2D eigenvalue weighted by molar-refractivity contribution is 0.140. The number of thiazole rings is 1. The van der Waals surface area contributed by atoms with Crippen molar-refractivity contribution in [2.75, 3.05) is 13.2 Å². The number of aliphatic hydroxyl groups is 1. The zero-order valence-corrected chi connectivity index (χ0v) is 17.0. The maximum Gasteiger partial charge on any atom is 0.407 e. The van der Waals surface area contributed by atoms with Crippen molar-refractivity contribution in [2.24, 2.45) is 0 Å². The maximum atomic E-state index is 11.9. The van der Waals surface area contributed by atoms with Gasteiger partial charge in [-0.15, -0.1) is 11.3 Å². The third kappa shape index (κ3) is 5.95. The van der Waals surface area contributed by atoms with E-state index in [0.717, 1.165) is 27.7 Å². The first-order valence-electron chi connectivity index (χ1n) is 8.35. The van der Waals surface area contributed by atoms with Crippen molar-refractivity contribution in [1.82, 2.24) is 10.3 Å². The first kappa shape index (κ1) is 19.6. The van der Waals surface area contributed by atoms with Crippen LogP contribution < -0.4 is 5.32 Å². The third-order valence-electron chi connectivity index (χ3n) is 3.88. The number of aromatic nitrogens is 1. The summed E-state index contributed by atoms with van der Waals surface area (Å²) in [6.07, 6.45) is -0.486. The van der Waals surface area contributed by atoms with Crippen LogP contribution in [0, 0.1) is 6.92 Å². The van der Waals surface area contributed by atoms with Gasteiger partial charge in [0.25, 0.3) is 0 Å². The summed E-state index contributed by atoms with van der Waals surface area (Å²) in [5, 5.41) is 12.3. The van der Waals surface area contributed by atoms with Crippen molar-refractivity contribution < 1.29 is 14.6 Å². The molecule has 0 unspecified atom stereocenters. The lowest BCUT2D eigenvalue weighted by atomic mass is 10.0. The lowest BCUT2D eigenvalue weighted by Gasteiger charge is -2.19. The zero-order chi connectivity index (χ0) is 18.4. The minimum Gasteiger partial charge on any atom is -0.450 e. The van der Waals surface area contributed by atoms with Crippen molar-refractivity contribution in [3.63, 3.8) is 0 Å². The van der Waals surface area contributed by atoms with Crippen LogP contribution in [0.15, 0.2) is 29.8 Å². The summed E-state index contributed by atoms with van der Waals surface area (Å²) in [5.41, 5.74) is 4.75. The number of ether oxygens (including phenoxy) is 1. The number of rotatable bonds is 7. The van der Waals surface area contributed by atoms with E-state index in [2.05, 4.69) is 29.9 Å². The van der Waals surface area contributed by atoms with E-state index in [1.54, 1.807) is 11.3 Å². The van der Waals surface area contributed by atoms with Gasteiger partial charge >= 0.3 is 6.09 Å². The number of benzene rings is 1. The van der Waals surface area contributed by atoms with Gasteiger partial charge in [-0.2, -0.15) is 0 Å². The maximum absolute atomic E-state index is 11.9. The molecule has 0 bridgehead atoms. The van der Waals surface area contributed by atoms with Gasteiger partial charge in [-0.25, -0.2) is 9.78 Å². The number of hydrogen-bond donors (Lipinski definition) is 2. The molecule has 0 aliphatic carbocycles. The first-order valence-corrected chi connectivity index (χ1v) is 12.9. The molecule has 1 aromatic heterocycles. The number of carbonyl (C=O) groups excluding carboxylic acids is 1. The van der Waals surface area contributed by atoms with Gasteiger partial charge in [0.1, 0.15) is 0 Å². The third-order valence-corrected chi connectivity index (χ3v) is 6.56. The zero-order valence-electron chi connectivity index (χ0n) is 15.2. The normalized spacial score (nSPS) is 12.7. The Hall–Kier alpha value is -1.70. The van der Waals surface area contributed by atoms with Crippen molar-refractivity contribution >= 4 is 25.5 Å². The van der Waals surface area contributed by atoms with E-state index in [4.69, 9.17) is 4.74 Å². The summed E-state index contributed by atoms with van der Waals surface area (Å²) in [6.45, 7) is 8.92. The van der Waals surface area contributed by atoms with Gasteiger partial charge in [-0.05, 0) is 24.1 Å². The number of aryl methyl sites for hydroxylation is 1. The average molecular weight is 379 g/mol. The van der Waals surface area contributed by atoms with Crippen LogP contribution in [0.1, 0.15) is 17.3 Å². The fraction of sp³-hybridized carbons (Fsp3) is 0.444. The largest absolute Gasteiger partial charge is 0.450 e. The Bertz CT molecular complexity index is 695. The minimum absolute atomic E-state index is 0.179. The summed E-state index contributed by atoms with van der Waals surface area (Å²) in [7, 11) is -1.23. The Morgan fingerprint density at radius 3 is 2.52 bits per heavy atom. The number of amides is 1. The van der Waals surface area contributed by atoms with Gasteiger partial charge in [0.05, 0.1) is 35.3 Å². The van der Waals surface area contributed by atoms with Crippen LogP contribution in [-0.4, -0.2) is 37.5 Å². The molecule has 25 heavy (non-hydrogen) atoms. The molecule has 0 saturated heterocycles. The van der Waals surface area contributed by atoms with Gasteiger partial charge < -0.3 is 15.2 Å². The molecule has 0 aliphatic heterocycles. The lowest BCUT2D eigenvalue weighted by Crippen LogP contribution is -2.32. The molecule has 7 heteroatoms. The second-order valence-corrected chi connectivity index (χ2v) is 13.7. The monoisotopic (exact) mass is 378 g/mol. The van der Waals surface area contributed by atoms with Crippen molar-refractivity contribution in [2.45, 2.75) is 38.7 Å². The Balaban J connectivity index is 1.96. The fourth-order valence-electron chi connectivity index (χ4n) is 2.31. The number of nitrogens with zero attached hydrogens (tertiary/aromatic N) is 1. The SMILES string of the molecule is Cc1ncsc1-c1ccc([C@H](CO)NC(=O)OCC[Si](C)(C)C)cc1. The smallest absolute Gasteiger partial charge is 0.407 e. The van der Waals surface area contributed by atoms with Gasteiger partial charge in [0.2, 0.25) is 0 Å². The molecule has 0 spiro atoms. The van der Waals surface area contributed by atoms with Gasteiger partial charge in [0.15, 0.2) is 0 Å². The Kier molecular flexibility index (Phi) is 6.75. The molecule has 1 aromatic carbocycles. The summed E-state index contributed by atoms with van der Waals surface area (Å²) < 4.78 is 5.24. The Morgan fingerprint density at radius 1 is 1.32 bits per heavy atom. The first-order chi connectivity index (χ1) is 11.8. The molecule has 0 radical (unpaired) electrons. The van der Waals surface area contributed by atoms with Crippen molar-refractivity contribution in [1.29, 1.82) is 0 Å².